The molecule has 170 valence electrons. The van der Waals surface area contributed by atoms with Crippen LogP contribution in [0.1, 0.15) is 50.2 Å². The Balaban J connectivity index is 1.83. The molecule has 0 bridgehead atoms. The number of carbonyl (C=O) groups is 2. The van der Waals surface area contributed by atoms with Crippen molar-refractivity contribution < 1.29 is 22.8 Å². The number of aryl methyl sites for hydroxylation is 1. The fourth-order valence-electron chi connectivity index (χ4n) is 3.50. The average molecular weight is 445 g/mol. The van der Waals surface area contributed by atoms with E-state index in [4.69, 9.17) is 0 Å². The highest BCUT2D eigenvalue weighted by atomic mass is 19.4. The van der Waals surface area contributed by atoms with Gasteiger partial charge in [0, 0.05) is 35.2 Å². The third-order valence-electron chi connectivity index (χ3n) is 4.89. The fraction of sp³-hybridized carbons (Fsp3) is 0.333. The van der Waals surface area contributed by atoms with Crippen molar-refractivity contribution in [3.05, 3.63) is 59.8 Å². The quantitative estimate of drug-likeness (QED) is 0.484. The zero-order chi connectivity index (χ0) is 23.7. The topological polar surface area (TPSA) is 63.1 Å². The zero-order valence-corrected chi connectivity index (χ0v) is 18.4. The molecule has 0 radical (unpaired) electrons. The molecule has 32 heavy (non-hydrogen) atoms. The summed E-state index contributed by atoms with van der Waals surface area (Å²) in [6.07, 6.45) is -4.06. The number of halogens is 3. The number of hydrogen-bond donors (Lipinski definition) is 2. The number of rotatable bonds is 5. The van der Waals surface area contributed by atoms with Gasteiger partial charge in [-0.1, -0.05) is 20.8 Å². The van der Waals surface area contributed by atoms with Crippen LogP contribution in [0.2, 0.25) is 0 Å². The highest BCUT2D eigenvalue weighted by Gasteiger charge is 2.30. The number of aromatic nitrogens is 1. The Bertz CT molecular complexity index is 1140. The molecule has 0 aliphatic carbocycles. The number of carbonyl (C=O) groups excluding carboxylic acids is 2. The minimum absolute atomic E-state index is 0.0907. The van der Waals surface area contributed by atoms with Crippen molar-refractivity contribution in [2.45, 2.75) is 46.8 Å². The predicted octanol–water partition coefficient (Wildman–Crippen LogP) is 6.31. The molecular formula is C24H26F3N3O2. The van der Waals surface area contributed by atoms with E-state index in [0.29, 0.717) is 24.3 Å². The van der Waals surface area contributed by atoms with E-state index in [2.05, 4.69) is 10.6 Å². The van der Waals surface area contributed by atoms with E-state index in [1.165, 1.54) is 12.1 Å². The molecule has 1 heterocycles. The minimum Gasteiger partial charge on any atom is -0.337 e. The summed E-state index contributed by atoms with van der Waals surface area (Å²) < 4.78 is 40.0. The standard InChI is InChI=1S/C24H26F3N3O2/c1-5-30-19-11-10-18(28-21(31)14-23(2,3)4)12-15(19)13-20(30)22(32)29-17-8-6-16(7-9-17)24(25,26)27/h6-13H,5,14H2,1-4H3,(H,28,31)(H,29,32). The largest absolute Gasteiger partial charge is 0.416 e. The molecule has 1 aromatic heterocycles. The number of benzene rings is 2. The molecule has 2 amide bonds. The molecule has 5 nitrogen and oxygen atoms in total. The second-order valence-electron chi connectivity index (χ2n) is 8.86. The van der Waals surface area contributed by atoms with Crippen molar-refractivity contribution in [1.82, 2.24) is 4.57 Å². The van der Waals surface area contributed by atoms with Gasteiger partial charge < -0.3 is 15.2 Å². The zero-order valence-electron chi connectivity index (χ0n) is 18.4. The van der Waals surface area contributed by atoms with Crippen LogP contribution < -0.4 is 10.6 Å². The molecule has 0 saturated heterocycles. The molecule has 2 N–H and O–H groups in total. The van der Waals surface area contributed by atoms with Gasteiger partial charge in [-0.3, -0.25) is 9.59 Å². The highest BCUT2D eigenvalue weighted by molar-refractivity contribution is 6.07. The molecule has 0 spiro atoms. The van der Waals surface area contributed by atoms with E-state index in [0.717, 1.165) is 23.0 Å². The van der Waals surface area contributed by atoms with Gasteiger partial charge in [0.15, 0.2) is 0 Å². The Kier molecular flexibility index (Phi) is 6.34. The summed E-state index contributed by atoms with van der Waals surface area (Å²) >= 11 is 0. The number of fused-ring (bicyclic) bond motifs is 1. The predicted molar refractivity (Wildman–Crippen MR) is 120 cm³/mol. The van der Waals surface area contributed by atoms with Crippen molar-refractivity contribution in [2.75, 3.05) is 10.6 Å². The van der Waals surface area contributed by atoms with E-state index in [1.54, 1.807) is 18.2 Å². The lowest BCUT2D eigenvalue weighted by Crippen LogP contribution is -2.19. The molecule has 0 aliphatic rings. The van der Waals surface area contributed by atoms with Gasteiger partial charge in [0.05, 0.1) is 5.56 Å². The summed E-state index contributed by atoms with van der Waals surface area (Å²) in [4.78, 5) is 25.1. The Hall–Kier alpha value is -3.29. The van der Waals surface area contributed by atoms with Crippen LogP contribution in [-0.2, 0) is 17.5 Å². The van der Waals surface area contributed by atoms with Crippen LogP contribution in [-0.4, -0.2) is 16.4 Å². The Morgan fingerprint density at radius 1 is 0.906 bits per heavy atom. The van der Waals surface area contributed by atoms with Gasteiger partial charge >= 0.3 is 6.18 Å². The molecule has 0 aliphatic heterocycles. The fourth-order valence-corrected chi connectivity index (χ4v) is 3.50. The molecule has 3 aromatic rings. The minimum atomic E-state index is -4.43. The van der Waals surface area contributed by atoms with Crippen LogP contribution in [0.4, 0.5) is 24.5 Å². The molecule has 0 fully saturated rings. The molecule has 0 unspecified atom stereocenters. The lowest BCUT2D eigenvalue weighted by molar-refractivity contribution is -0.137. The smallest absolute Gasteiger partial charge is 0.337 e. The number of alkyl halides is 3. The monoisotopic (exact) mass is 445 g/mol. The number of nitrogens with one attached hydrogen (secondary N) is 2. The van der Waals surface area contributed by atoms with Crippen molar-refractivity contribution in [3.8, 4) is 0 Å². The molecule has 8 heteroatoms. The van der Waals surface area contributed by atoms with Crippen LogP contribution in [0, 0.1) is 5.41 Å². The van der Waals surface area contributed by atoms with Crippen LogP contribution in [0.15, 0.2) is 48.5 Å². The first kappa shape index (κ1) is 23.4. The Morgan fingerprint density at radius 3 is 2.09 bits per heavy atom. The maximum Gasteiger partial charge on any atom is 0.416 e. The lowest BCUT2D eigenvalue weighted by atomic mass is 9.92. The molecule has 3 rings (SSSR count). The van der Waals surface area contributed by atoms with E-state index in [1.807, 2.05) is 38.3 Å². The Labute approximate surface area is 184 Å². The van der Waals surface area contributed by atoms with Crippen molar-refractivity contribution >= 4 is 34.1 Å². The van der Waals surface area contributed by atoms with Crippen molar-refractivity contribution in [3.63, 3.8) is 0 Å². The lowest BCUT2D eigenvalue weighted by Gasteiger charge is -2.17. The summed E-state index contributed by atoms with van der Waals surface area (Å²) in [6.45, 7) is 8.37. The van der Waals surface area contributed by atoms with Gasteiger partial charge in [0.2, 0.25) is 5.91 Å². The third kappa shape index (κ3) is 5.49. The van der Waals surface area contributed by atoms with Gasteiger partial charge in [0.25, 0.3) is 5.91 Å². The summed E-state index contributed by atoms with van der Waals surface area (Å²) in [6, 6.07) is 11.4. The van der Waals surface area contributed by atoms with Crippen LogP contribution in [0.25, 0.3) is 10.9 Å². The van der Waals surface area contributed by atoms with Crippen LogP contribution in [0.3, 0.4) is 0 Å². The molecule has 0 saturated carbocycles. The molecule has 0 atom stereocenters. The summed E-state index contributed by atoms with van der Waals surface area (Å²) in [5, 5.41) is 6.31. The summed E-state index contributed by atoms with van der Waals surface area (Å²) in [5.41, 5.74) is 1.18. The van der Waals surface area contributed by atoms with Gasteiger partial charge in [-0.15, -0.1) is 0 Å². The van der Waals surface area contributed by atoms with Gasteiger partial charge in [0.1, 0.15) is 5.69 Å². The summed E-state index contributed by atoms with van der Waals surface area (Å²) in [7, 11) is 0. The third-order valence-corrected chi connectivity index (χ3v) is 4.89. The molecular weight excluding hydrogens is 419 g/mol. The maximum absolute atomic E-state index is 12.8. The van der Waals surface area contributed by atoms with Gasteiger partial charge in [-0.2, -0.15) is 13.2 Å². The number of hydrogen-bond acceptors (Lipinski definition) is 2. The van der Waals surface area contributed by atoms with E-state index < -0.39 is 17.6 Å². The Morgan fingerprint density at radius 2 is 1.53 bits per heavy atom. The number of nitrogens with zero attached hydrogens (tertiary/aromatic N) is 1. The SMILES string of the molecule is CCn1c(C(=O)Nc2ccc(C(F)(F)F)cc2)cc2cc(NC(=O)CC(C)(C)C)ccc21. The first-order chi connectivity index (χ1) is 14.9. The van der Waals surface area contributed by atoms with Crippen LogP contribution >= 0.6 is 0 Å². The van der Waals surface area contributed by atoms with E-state index in [-0.39, 0.29) is 17.0 Å². The van der Waals surface area contributed by atoms with E-state index >= 15 is 0 Å². The summed E-state index contributed by atoms with van der Waals surface area (Å²) in [5.74, 6) is -0.520. The van der Waals surface area contributed by atoms with Crippen LogP contribution in [0.5, 0.6) is 0 Å². The number of amides is 2. The van der Waals surface area contributed by atoms with Crippen molar-refractivity contribution in [2.24, 2.45) is 5.41 Å². The number of anilines is 2. The normalized spacial score (nSPS) is 12.1. The highest BCUT2D eigenvalue weighted by Crippen LogP contribution is 2.30. The second-order valence-corrected chi connectivity index (χ2v) is 8.86. The van der Waals surface area contributed by atoms with Crippen molar-refractivity contribution in [1.29, 1.82) is 0 Å². The first-order valence-electron chi connectivity index (χ1n) is 10.3. The second kappa shape index (κ2) is 8.68. The van der Waals surface area contributed by atoms with E-state index in [9.17, 15) is 22.8 Å². The molecule has 2 aromatic carbocycles. The van der Waals surface area contributed by atoms with Gasteiger partial charge in [-0.25, -0.2) is 0 Å². The first-order valence-corrected chi connectivity index (χ1v) is 10.3. The maximum atomic E-state index is 12.8. The average Bonchev–Trinajstić information content (AvgIpc) is 3.04. The van der Waals surface area contributed by atoms with Gasteiger partial charge in [-0.05, 0) is 60.9 Å².